The van der Waals surface area contributed by atoms with Crippen molar-refractivity contribution < 1.29 is 0 Å². The number of aliphatic imine (C=N–C) groups is 2. The molecule has 3 atom stereocenters. The summed E-state index contributed by atoms with van der Waals surface area (Å²) in [5.41, 5.74) is 25.4. The number of nitrogens with zero attached hydrogens (tertiary/aromatic N) is 11. The molecule has 542 valence electrons. The summed E-state index contributed by atoms with van der Waals surface area (Å²) in [4.78, 5) is 32.0. The van der Waals surface area contributed by atoms with Crippen LogP contribution in [-0.2, 0) is 0 Å². The van der Waals surface area contributed by atoms with Crippen molar-refractivity contribution >= 4 is 34.8 Å². The van der Waals surface area contributed by atoms with Crippen molar-refractivity contribution in [1.29, 1.82) is 0 Å². The molecule has 1 fully saturated rings. The van der Waals surface area contributed by atoms with E-state index in [1.165, 1.54) is 103 Å². The Labute approximate surface area is 608 Å². The van der Waals surface area contributed by atoms with Gasteiger partial charge in [-0.3, -0.25) is 24.9 Å². The molecule has 7 aromatic rings. The molecule has 0 amide bonds. The van der Waals surface area contributed by atoms with Crippen LogP contribution in [0.15, 0.2) is 166 Å². The molecular weight excluding hydrogens is 1240 g/mol. The van der Waals surface area contributed by atoms with Crippen LogP contribution in [0.4, 0.5) is 0 Å². The van der Waals surface area contributed by atoms with Gasteiger partial charge in [0, 0.05) is 71.6 Å². The van der Waals surface area contributed by atoms with Crippen LogP contribution in [0.25, 0.3) is 0 Å². The highest BCUT2D eigenvalue weighted by atomic mass is 32.1. The zero-order valence-electron chi connectivity index (χ0n) is 67.8. The van der Waals surface area contributed by atoms with Gasteiger partial charge in [0.25, 0.3) is 0 Å². The number of benzene rings is 1. The van der Waals surface area contributed by atoms with Gasteiger partial charge in [-0.1, -0.05) is 173 Å². The lowest BCUT2D eigenvalue weighted by atomic mass is 9.94. The maximum atomic E-state index is 4.17. The van der Waals surface area contributed by atoms with Crippen molar-refractivity contribution in [2.24, 2.45) is 33.7 Å². The lowest BCUT2D eigenvalue weighted by Crippen LogP contribution is -2.04. The second-order valence-corrected chi connectivity index (χ2v) is 25.6. The number of rotatable bonds is 0. The van der Waals surface area contributed by atoms with Crippen molar-refractivity contribution in [2.75, 3.05) is 6.54 Å². The van der Waals surface area contributed by atoms with Crippen molar-refractivity contribution in [3.8, 4) is 0 Å². The summed E-state index contributed by atoms with van der Waals surface area (Å²) in [5.74, 6) is 4.50. The highest BCUT2D eigenvalue weighted by Crippen LogP contribution is 2.35. The zero-order valence-corrected chi connectivity index (χ0v) is 69.4. The number of hydrogen-bond acceptors (Lipinski definition) is 13. The van der Waals surface area contributed by atoms with Gasteiger partial charge in [-0.05, 0) is 268 Å². The van der Waals surface area contributed by atoms with Gasteiger partial charge >= 0.3 is 0 Å². The summed E-state index contributed by atoms with van der Waals surface area (Å²) in [6, 6.07) is 18.3. The molecule has 8 heterocycles. The summed E-state index contributed by atoms with van der Waals surface area (Å²) in [7, 11) is 0. The minimum Gasteiger partial charge on any atom is -0.289 e. The molecule has 5 aliphatic rings. The zero-order chi connectivity index (χ0) is 75.7. The van der Waals surface area contributed by atoms with Crippen molar-refractivity contribution in [2.45, 2.75) is 254 Å². The Morgan fingerprint density at radius 3 is 1.23 bits per heavy atom. The third-order valence-corrected chi connectivity index (χ3v) is 17.5. The quantitative estimate of drug-likeness (QED) is 0.145. The largest absolute Gasteiger partial charge is 0.289 e. The van der Waals surface area contributed by atoms with Crippen LogP contribution in [0, 0.1) is 128 Å². The molecule has 12 rings (SSSR count). The first kappa shape index (κ1) is 97.0. The van der Waals surface area contributed by atoms with E-state index < -0.39 is 0 Å². The van der Waals surface area contributed by atoms with Gasteiger partial charge in [0.15, 0.2) is 0 Å². The van der Waals surface area contributed by atoms with Gasteiger partial charge in [0.1, 0.15) is 27.7 Å². The lowest BCUT2D eigenvalue weighted by Gasteiger charge is -2.11. The number of aryl methyl sites for hydroxylation is 12. The minimum atomic E-state index is 0.704. The third-order valence-electron chi connectivity index (χ3n) is 16.4. The van der Waals surface area contributed by atoms with Crippen molar-refractivity contribution in [3.05, 3.63) is 239 Å². The molecule has 1 saturated carbocycles. The Morgan fingerprint density at radius 2 is 1.01 bits per heavy atom. The van der Waals surface area contributed by atoms with E-state index in [0.29, 0.717) is 5.92 Å². The maximum absolute atomic E-state index is 4.17. The van der Waals surface area contributed by atoms with Gasteiger partial charge in [-0.25, -0.2) is 15.0 Å². The van der Waals surface area contributed by atoms with E-state index in [1.807, 2.05) is 185 Å². The summed E-state index contributed by atoms with van der Waals surface area (Å²) in [5, 5.41) is 9.32. The molecule has 11 nitrogen and oxygen atoms in total. The van der Waals surface area contributed by atoms with Crippen molar-refractivity contribution in [1.82, 2.24) is 44.5 Å². The van der Waals surface area contributed by atoms with E-state index in [0.717, 1.165) is 75.0 Å². The Hall–Kier alpha value is -7.35. The topological polar surface area (TPSA) is 141 Å². The minimum absolute atomic E-state index is 0.704. The molecule has 0 N–H and O–H groups in total. The fraction of sp³-hybridized carbons (Fsp3) is 0.494. The molecule has 1 aromatic carbocycles. The van der Waals surface area contributed by atoms with Crippen LogP contribution in [0.2, 0.25) is 0 Å². The van der Waals surface area contributed by atoms with Crippen LogP contribution < -0.4 is 0 Å². The molecule has 2 aliphatic heterocycles. The Balaban J connectivity index is -0.000000488. The van der Waals surface area contributed by atoms with E-state index >= 15 is 0 Å². The van der Waals surface area contributed by atoms with Gasteiger partial charge in [-0.15, -0.1) is 21.5 Å². The smallest absolute Gasteiger partial charge is 0.129 e. The second-order valence-electron chi connectivity index (χ2n) is 23.6. The van der Waals surface area contributed by atoms with Gasteiger partial charge < -0.3 is 0 Å². The fourth-order valence-electron chi connectivity index (χ4n) is 8.37. The van der Waals surface area contributed by atoms with E-state index in [9.17, 15) is 0 Å². The average molecular weight is 1380 g/mol. The molecule has 6 aromatic heterocycles. The highest BCUT2D eigenvalue weighted by molar-refractivity contribution is 7.09. The number of aromatic nitrogens is 9. The number of pyridine rings is 3. The lowest BCUT2D eigenvalue weighted by molar-refractivity contribution is 0.380. The summed E-state index contributed by atoms with van der Waals surface area (Å²) < 4.78 is 3.75. The Bertz CT molecular complexity index is 3180. The molecule has 0 saturated heterocycles. The normalized spacial score (nSPS) is 14.7. The number of allylic oxidation sites excluding steroid dienone is 10. The highest BCUT2D eigenvalue weighted by Gasteiger charge is 2.25. The molecule has 13 heteroatoms. The third kappa shape index (κ3) is 47.6. The van der Waals surface area contributed by atoms with Crippen LogP contribution in [0.3, 0.4) is 0 Å². The van der Waals surface area contributed by atoms with Gasteiger partial charge in [0.2, 0.25) is 0 Å². The summed E-state index contributed by atoms with van der Waals surface area (Å²) in [6.45, 7) is 69.8. The monoisotopic (exact) mass is 1370 g/mol. The first-order valence-electron chi connectivity index (χ1n) is 35.5. The fourth-order valence-corrected chi connectivity index (χ4v) is 9.05. The Morgan fingerprint density at radius 1 is 0.480 bits per heavy atom. The van der Waals surface area contributed by atoms with E-state index in [1.54, 1.807) is 35.6 Å². The standard InChI is InChI=1S/C10H14.C8H11N.C8H16.2C8H12.2C7H9N.C6H8N2.C5H7N.C4H5N.2C3H4N2S.4C2H6/c1-7-5-6-8(2)10(4)9(7)3;1-6-4-5-9-8(3)7(6)2;3*1-6-4-5-7(2)8(6)3;1-6-4-3-5-8-7(6)2;1-6-4-3-5-7(2)8-6;1-5-3-4-7-6(2)8-5;1-5-3-2-4-6-5;1-2-4-5-3-1;1-3-5-4-2-6-3;1-3-4-2-5-6-3;4*1-2/h5-6H,1-4H3;4-5H,1-3H3;6-8H,4-5H2,1-3H3;4H,5H2,1-3H3;4-5,8H,1-3H3;2*3-5H,1-2H3;3-4H,1-2H3;2,4H,3H2,1H3;1-3H,4H2;2*2H,1H3;4*1-2H3/t;;6-,7?,8?;;;;;;;;;;;;;/m..0............./s1. The predicted octanol–water partition coefficient (Wildman–Crippen LogP) is 25.1. The van der Waals surface area contributed by atoms with E-state index in [-0.39, 0.29) is 0 Å². The van der Waals surface area contributed by atoms with Crippen LogP contribution in [0.5, 0.6) is 0 Å². The second kappa shape index (κ2) is 60.8. The number of hydrogen-bond donors (Lipinski definition) is 0. The predicted molar refractivity (Wildman–Crippen MR) is 437 cm³/mol. The van der Waals surface area contributed by atoms with Crippen LogP contribution in [-0.4, -0.2) is 62.9 Å². The summed E-state index contributed by atoms with van der Waals surface area (Å²) in [6.07, 6.45) is 28.5. The average Bonchev–Trinajstić information content (AvgIpc) is 1.29. The van der Waals surface area contributed by atoms with E-state index in [4.69, 9.17) is 0 Å². The molecule has 98 heavy (non-hydrogen) atoms. The van der Waals surface area contributed by atoms with Gasteiger partial charge in [0.05, 0.1) is 6.54 Å². The maximum Gasteiger partial charge on any atom is 0.129 e. The van der Waals surface area contributed by atoms with Crippen LogP contribution >= 0.6 is 22.9 Å². The summed E-state index contributed by atoms with van der Waals surface area (Å²) >= 11 is 2.97. The van der Waals surface area contributed by atoms with E-state index in [2.05, 4.69) is 208 Å². The Kier molecular flexibility index (Phi) is 60.2. The SMILES string of the molecule is C1=CCN=C1.CC.CC.CC.CC.CC1=CC=C(C)C1C.CC1=CCC(C)=C1C.CC1=NC=CC1.CC1CC[C@H](C)C1C.Cc1ccc(C)c(C)c1C.Cc1cccc(C)n1.Cc1cccnc1C.Cc1ccnc(C)c1C.Cc1ccnc(C)n1.Cc1ncns1.Cc1nncs1. The molecule has 2 unspecified atom stereocenters. The first-order valence-corrected chi connectivity index (χ1v) is 37.2. The molecular formula is C85H135N11S2. The molecule has 3 aliphatic carbocycles. The van der Waals surface area contributed by atoms with Crippen molar-refractivity contribution in [3.63, 3.8) is 0 Å². The first-order chi connectivity index (χ1) is 46.5. The molecule has 0 spiro atoms. The van der Waals surface area contributed by atoms with Gasteiger partial charge in [-0.2, -0.15) is 4.37 Å². The molecule has 0 bridgehead atoms. The van der Waals surface area contributed by atoms with Crippen LogP contribution in [0.1, 0.15) is 234 Å². The molecule has 0 radical (unpaired) electrons.